The zero-order valence-electron chi connectivity index (χ0n) is 7.48. The van der Waals surface area contributed by atoms with Gasteiger partial charge in [0.05, 0.1) is 6.10 Å². The zero-order valence-corrected chi connectivity index (χ0v) is 7.48. The molecule has 2 atom stereocenters. The lowest BCUT2D eigenvalue weighted by Gasteiger charge is -2.11. The summed E-state index contributed by atoms with van der Waals surface area (Å²) in [5, 5.41) is 12.6. The predicted molar refractivity (Wildman–Crippen MR) is 51.5 cm³/mol. The third kappa shape index (κ3) is 2.18. The van der Waals surface area contributed by atoms with E-state index in [2.05, 4.69) is 10.3 Å². The summed E-state index contributed by atoms with van der Waals surface area (Å²) in [6.45, 7) is 0. The van der Waals surface area contributed by atoms with Gasteiger partial charge in [-0.3, -0.25) is 0 Å². The number of aliphatic hydroxyl groups is 1. The molecule has 1 aliphatic rings. The van der Waals surface area contributed by atoms with Crippen molar-refractivity contribution in [2.45, 2.75) is 31.4 Å². The van der Waals surface area contributed by atoms with Crippen LogP contribution in [-0.2, 0) is 0 Å². The number of hydrogen-bond acceptors (Lipinski definition) is 3. The molecule has 1 fully saturated rings. The van der Waals surface area contributed by atoms with E-state index in [1.807, 2.05) is 18.2 Å². The summed E-state index contributed by atoms with van der Waals surface area (Å²) in [6.07, 6.45) is 4.44. The van der Waals surface area contributed by atoms with Crippen molar-refractivity contribution in [1.82, 2.24) is 4.98 Å². The van der Waals surface area contributed by atoms with Crippen molar-refractivity contribution in [2.75, 3.05) is 5.32 Å². The Balaban J connectivity index is 1.92. The largest absolute Gasteiger partial charge is 0.393 e. The molecule has 1 aliphatic carbocycles. The molecule has 1 aromatic rings. The van der Waals surface area contributed by atoms with Crippen LogP contribution in [0.15, 0.2) is 24.4 Å². The van der Waals surface area contributed by atoms with Gasteiger partial charge in [0.25, 0.3) is 0 Å². The molecule has 1 aromatic heterocycles. The van der Waals surface area contributed by atoms with Gasteiger partial charge < -0.3 is 10.4 Å². The Hall–Kier alpha value is -1.09. The maximum Gasteiger partial charge on any atom is 0.126 e. The van der Waals surface area contributed by atoms with Gasteiger partial charge >= 0.3 is 0 Å². The SMILES string of the molecule is O[C@@H]1CC[C@@H](Nc2ccccn2)C1. The number of nitrogens with zero attached hydrogens (tertiary/aromatic N) is 1. The highest BCUT2D eigenvalue weighted by Gasteiger charge is 2.22. The third-order valence-corrected chi connectivity index (χ3v) is 2.42. The Bertz CT molecular complexity index is 263. The molecule has 0 spiro atoms. The van der Waals surface area contributed by atoms with Crippen LogP contribution in [0.1, 0.15) is 19.3 Å². The summed E-state index contributed by atoms with van der Waals surface area (Å²) in [5.74, 6) is 0.904. The molecule has 3 nitrogen and oxygen atoms in total. The number of pyridine rings is 1. The van der Waals surface area contributed by atoms with Crippen LogP contribution >= 0.6 is 0 Å². The average Bonchev–Trinajstić information content (AvgIpc) is 2.53. The second-order valence-electron chi connectivity index (χ2n) is 3.52. The van der Waals surface area contributed by atoms with Crippen molar-refractivity contribution in [2.24, 2.45) is 0 Å². The standard InChI is InChI=1S/C10H14N2O/c13-9-5-4-8(7-9)12-10-3-1-2-6-11-10/h1-3,6,8-9,13H,4-5,7H2,(H,11,12)/t8-,9-/m1/s1. The van der Waals surface area contributed by atoms with Crippen LogP contribution < -0.4 is 5.32 Å². The van der Waals surface area contributed by atoms with Crippen molar-refractivity contribution in [3.8, 4) is 0 Å². The fourth-order valence-corrected chi connectivity index (χ4v) is 1.75. The maximum atomic E-state index is 9.32. The van der Waals surface area contributed by atoms with E-state index >= 15 is 0 Å². The lowest BCUT2D eigenvalue weighted by molar-refractivity contribution is 0.182. The lowest BCUT2D eigenvalue weighted by Crippen LogP contribution is -2.17. The van der Waals surface area contributed by atoms with Crippen LogP contribution in [0.4, 0.5) is 5.82 Å². The van der Waals surface area contributed by atoms with Crippen molar-refractivity contribution in [3.63, 3.8) is 0 Å². The number of anilines is 1. The molecular formula is C10H14N2O. The molecule has 0 bridgehead atoms. The van der Waals surface area contributed by atoms with Gasteiger partial charge in [0.15, 0.2) is 0 Å². The molecule has 0 amide bonds. The van der Waals surface area contributed by atoms with Crippen LogP contribution in [0.25, 0.3) is 0 Å². The van der Waals surface area contributed by atoms with Gasteiger partial charge in [-0.1, -0.05) is 6.07 Å². The lowest BCUT2D eigenvalue weighted by atomic mass is 10.2. The summed E-state index contributed by atoms with van der Waals surface area (Å²) >= 11 is 0. The first-order valence-corrected chi connectivity index (χ1v) is 4.70. The van der Waals surface area contributed by atoms with Gasteiger partial charge in [-0.25, -0.2) is 4.98 Å². The van der Waals surface area contributed by atoms with E-state index in [-0.39, 0.29) is 6.10 Å². The Morgan fingerprint density at radius 3 is 2.92 bits per heavy atom. The molecule has 2 N–H and O–H groups in total. The van der Waals surface area contributed by atoms with E-state index in [1.54, 1.807) is 6.20 Å². The van der Waals surface area contributed by atoms with Gasteiger partial charge in [0.1, 0.15) is 5.82 Å². The van der Waals surface area contributed by atoms with Crippen LogP contribution in [0.5, 0.6) is 0 Å². The summed E-state index contributed by atoms with van der Waals surface area (Å²) in [7, 11) is 0. The highest BCUT2D eigenvalue weighted by molar-refractivity contribution is 5.34. The Morgan fingerprint density at radius 2 is 2.31 bits per heavy atom. The molecule has 1 saturated carbocycles. The number of rotatable bonds is 2. The van der Waals surface area contributed by atoms with E-state index < -0.39 is 0 Å². The zero-order chi connectivity index (χ0) is 9.10. The summed E-state index contributed by atoms with van der Waals surface area (Å²) in [5.41, 5.74) is 0. The topological polar surface area (TPSA) is 45.1 Å². The van der Waals surface area contributed by atoms with E-state index in [4.69, 9.17) is 0 Å². The molecule has 0 aliphatic heterocycles. The molecule has 2 rings (SSSR count). The summed E-state index contributed by atoms with van der Waals surface area (Å²) < 4.78 is 0. The van der Waals surface area contributed by atoms with Crippen molar-refractivity contribution in [1.29, 1.82) is 0 Å². The normalized spacial score (nSPS) is 27.5. The third-order valence-electron chi connectivity index (χ3n) is 2.42. The second kappa shape index (κ2) is 3.75. The second-order valence-corrected chi connectivity index (χ2v) is 3.52. The molecule has 13 heavy (non-hydrogen) atoms. The number of hydrogen-bond donors (Lipinski definition) is 2. The van der Waals surface area contributed by atoms with Crippen molar-refractivity contribution < 1.29 is 5.11 Å². The molecular weight excluding hydrogens is 164 g/mol. The smallest absolute Gasteiger partial charge is 0.126 e. The molecule has 0 aromatic carbocycles. The first-order chi connectivity index (χ1) is 6.34. The van der Waals surface area contributed by atoms with Gasteiger partial charge in [0, 0.05) is 12.2 Å². The highest BCUT2D eigenvalue weighted by atomic mass is 16.3. The van der Waals surface area contributed by atoms with Crippen LogP contribution in [-0.4, -0.2) is 22.2 Å². The number of aromatic nitrogens is 1. The van der Waals surface area contributed by atoms with Crippen LogP contribution in [0.2, 0.25) is 0 Å². The summed E-state index contributed by atoms with van der Waals surface area (Å²) in [4.78, 5) is 4.17. The van der Waals surface area contributed by atoms with Gasteiger partial charge in [-0.05, 0) is 31.4 Å². The minimum absolute atomic E-state index is 0.124. The van der Waals surface area contributed by atoms with E-state index in [9.17, 15) is 5.11 Å². The molecule has 3 heteroatoms. The minimum Gasteiger partial charge on any atom is -0.393 e. The van der Waals surface area contributed by atoms with E-state index in [0.717, 1.165) is 25.1 Å². The minimum atomic E-state index is -0.124. The quantitative estimate of drug-likeness (QED) is 0.719. The molecule has 1 heterocycles. The Kier molecular flexibility index (Phi) is 2.45. The number of nitrogens with one attached hydrogen (secondary N) is 1. The van der Waals surface area contributed by atoms with Crippen LogP contribution in [0, 0.1) is 0 Å². The van der Waals surface area contributed by atoms with Gasteiger partial charge in [-0.2, -0.15) is 0 Å². The fourth-order valence-electron chi connectivity index (χ4n) is 1.75. The van der Waals surface area contributed by atoms with Crippen LogP contribution in [0.3, 0.4) is 0 Å². The molecule has 0 radical (unpaired) electrons. The highest BCUT2D eigenvalue weighted by Crippen LogP contribution is 2.21. The number of aliphatic hydroxyl groups excluding tert-OH is 1. The Labute approximate surface area is 77.8 Å². The van der Waals surface area contributed by atoms with Crippen molar-refractivity contribution >= 4 is 5.82 Å². The van der Waals surface area contributed by atoms with E-state index in [0.29, 0.717) is 6.04 Å². The van der Waals surface area contributed by atoms with Gasteiger partial charge in [0.2, 0.25) is 0 Å². The molecule has 70 valence electrons. The maximum absolute atomic E-state index is 9.32. The van der Waals surface area contributed by atoms with Crippen molar-refractivity contribution in [3.05, 3.63) is 24.4 Å². The monoisotopic (exact) mass is 178 g/mol. The molecule has 0 unspecified atom stereocenters. The Morgan fingerprint density at radius 1 is 1.38 bits per heavy atom. The van der Waals surface area contributed by atoms with Gasteiger partial charge in [-0.15, -0.1) is 0 Å². The van der Waals surface area contributed by atoms with E-state index in [1.165, 1.54) is 0 Å². The average molecular weight is 178 g/mol. The predicted octanol–water partition coefficient (Wildman–Crippen LogP) is 1.41. The molecule has 0 saturated heterocycles. The summed E-state index contributed by atoms with van der Waals surface area (Å²) in [6, 6.07) is 6.20. The first kappa shape index (κ1) is 8.51. The first-order valence-electron chi connectivity index (χ1n) is 4.70. The fraction of sp³-hybridized carbons (Fsp3) is 0.500.